The molecule has 26 heavy (non-hydrogen) atoms. The van der Waals surface area contributed by atoms with E-state index in [1.54, 1.807) is 11.3 Å². The molecular formula is C19H22N6S. The summed E-state index contributed by atoms with van der Waals surface area (Å²) in [5.41, 5.74) is 0.958. The first kappa shape index (κ1) is 16.1. The normalized spacial score (nSPS) is 20.4. The molecule has 0 radical (unpaired) electrons. The third kappa shape index (κ3) is 3.05. The van der Waals surface area contributed by atoms with E-state index in [1.165, 1.54) is 35.8 Å². The number of hydrogen-bond donors (Lipinski definition) is 0. The van der Waals surface area contributed by atoms with Gasteiger partial charge in [0.15, 0.2) is 0 Å². The number of thiazole rings is 1. The molecule has 1 unspecified atom stereocenters. The number of aromatic nitrogens is 5. The summed E-state index contributed by atoms with van der Waals surface area (Å²) in [7, 11) is 0. The first-order valence-electron chi connectivity index (χ1n) is 9.37. The Kier molecular flexibility index (Phi) is 4.26. The predicted molar refractivity (Wildman–Crippen MR) is 101 cm³/mol. The first-order valence-corrected chi connectivity index (χ1v) is 10.2. The predicted octanol–water partition coefficient (Wildman–Crippen LogP) is 3.12. The zero-order chi connectivity index (χ0) is 17.3. The number of aryl methyl sites for hydroxylation is 1. The number of pyridine rings is 1. The van der Waals surface area contributed by atoms with E-state index in [1.807, 2.05) is 30.6 Å². The molecule has 0 bridgehead atoms. The van der Waals surface area contributed by atoms with E-state index >= 15 is 0 Å². The Labute approximate surface area is 156 Å². The SMILES string of the molecule is c1ccc(-c2ncc(CN3CCCC(c4nnc5n4CCC5)C3)s2)nc1. The molecule has 3 aromatic heterocycles. The van der Waals surface area contributed by atoms with E-state index in [9.17, 15) is 0 Å². The molecular weight excluding hydrogens is 344 g/mol. The minimum absolute atomic E-state index is 0.506. The van der Waals surface area contributed by atoms with Crippen LogP contribution in [-0.4, -0.2) is 42.7 Å². The van der Waals surface area contributed by atoms with Crippen molar-refractivity contribution in [3.63, 3.8) is 0 Å². The Morgan fingerprint density at radius 3 is 3.04 bits per heavy atom. The lowest BCUT2D eigenvalue weighted by Crippen LogP contribution is -2.34. The molecule has 0 aromatic carbocycles. The molecule has 0 aliphatic carbocycles. The van der Waals surface area contributed by atoms with Gasteiger partial charge in [0.25, 0.3) is 0 Å². The fourth-order valence-electron chi connectivity index (χ4n) is 4.09. The summed E-state index contributed by atoms with van der Waals surface area (Å²) < 4.78 is 2.36. The van der Waals surface area contributed by atoms with Gasteiger partial charge in [-0.15, -0.1) is 21.5 Å². The van der Waals surface area contributed by atoms with Gasteiger partial charge in [0, 0.05) is 49.2 Å². The molecule has 7 heteroatoms. The minimum Gasteiger partial charge on any atom is -0.315 e. The third-order valence-electron chi connectivity index (χ3n) is 5.33. The Hall–Kier alpha value is -2.12. The van der Waals surface area contributed by atoms with E-state index in [0.29, 0.717) is 5.92 Å². The summed E-state index contributed by atoms with van der Waals surface area (Å²) >= 11 is 1.75. The van der Waals surface area contributed by atoms with Gasteiger partial charge in [0.1, 0.15) is 16.7 Å². The van der Waals surface area contributed by atoms with Crippen LogP contribution in [0.2, 0.25) is 0 Å². The number of piperidine rings is 1. The molecule has 1 fully saturated rings. The summed E-state index contributed by atoms with van der Waals surface area (Å²) in [4.78, 5) is 12.8. The topological polar surface area (TPSA) is 59.7 Å². The molecule has 5 rings (SSSR count). The summed E-state index contributed by atoms with van der Waals surface area (Å²) in [6, 6.07) is 5.97. The van der Waals surface area contributed by atoms with Crippen molar-refractivity contribution >= 4 is 11.3 Å². The van der Waals surface area contributed by atoms with Crippen molar-refractivity contribution in [2.24, 2.45) is 0 Å². The van der Waals surface area contributed by atoms with Gasteiger partial charge in [0.2, 0.25) is 0 Å². The zero-order valence-corrected chi connectivity index (χ0v) is 15.5. The maximum absolute atomic E-state index is 4.57. The second kappa shape index (κ2) is 6.89. The van der Waals surface area contributed by atoms with Gasteiger partial charge in [-0.2, -0.15) is 0 Å². The lowest BCUT2D eigenvalue weighted by atomic mass is 9.97. The monoisotopic (exact) mass is 366 g/mol. The van der Waals surface area contributed by atoms with Gasteiger partial charge in [-0.3, -0.25) is 9.88 Å². The maximum atomic E-state index is 4.57. The summed E-state index contributed by atoms with van der Waals surface area (Å²) in [6.45, 7) is 4.27. The maximum Gasteiger partial charge on any atom is 0.142 e. The van der Waals surface area contributed by atoms with Gasteiger partial charge in [0.05, 0.1) is 5.69 Å². The van der Waals surface area contributed by atoms with Crippen molar-refractivity contribution in [2.45, 2.75) is 44.7 Å². The number of hydrogen-bond acceptors (Lipinski definition) is 6. The number of fused-ring (bicyclic) bond motifs is 1. The molecule has 3 aromatic rings. The van der Waals surface area contributed by atoms with Gasteiger partial charge < -0.3 is 4.57 Å². The molecule has 1 atom stereocenters. The Morgan fingerprint density at radius 1 is 1.12 bits per heavy atom. The zero-order valence-electron chi connectivity index (χ0n) is 14.7. The summed E-state index contributed by atoms with van der Waals surface area (Å²) in [6.07, 6.45) is 8.57. The minimum atomic E-state index is 0.506. The third-order valence-corrected chi connectivity index (χ3v) is 6.33. The second-order valence-electron chi connectivity index (χ2n) is 7.15. The molecule has 1 saturated heterocycles. The molecule has 0 spiro atoms. The summed E-state index contributed by atoms with van der Waals surface area (Å²) in [5.74, 6) is 2.89. The molecule has 6 nitrogen and oxygen atoms in total. The van der Waals surface area contributed by atoms with Crippen molar-refractivity contribution in [3.8, 4) is 10.7 Å². The molecule has 0 amide bonds. The van der Waals surface area contributed by atoms with Crippen LogP contribution in [0, 0.1) is 0 Å². The Balaban J connectivity index is 1.28. The highest BCUT2D eigenvalue weighted by Crippen LogP contribution is 2.30. The highest BCUT2D eigenvalue weighted by Gasteiger charge is 2.28. The van der Waals surface area contributed by atoms with E-state index < -0.39 is 0 Å². The largest absolute Gasteiger partial charge is 0.315 e. The van der Waals surface area contributed by atoms with Crippen molar-refractivity contribution in [1.82, 2.24) is 29.6 Å². The smallest absolute Gasteiger partial charge is 0.142 e. The van der Waals surface area contributed by atoms with E-state index in [-0.39, 0.29) is 0 Å². The number of nitrogens with zero attached hydrogens (tertiary/aromatic N) is 6. The average molecular weight is 366 g/mol. The van der Waals surface area contributed by atoms with Crippen LogP contribution >= 0.6 is 11.3 Å². The first-order chi connectivity index (χ1) is 12.9. The molecule has 2 aliphatic rings. The highest BCUT2D eigenvalue weighted by molar-refractivity contribution is 7.14. The fourth-order valence-corrected chi connectivity index (χ4v) is 5.03. The van der Waals surface area contributed by atoms with Crippen LogP contribution < -0.4 is 0 Å². The van der Waals surface area contributed by atoms with Crippen LogP contribution in [0.25, 0.3) is 10.7 Å². The molecule has 0 saturated carbocycles. The second-order valence-corrected chi connectivity index (χ2v) is 8.27. The van der Waals surface area contributed by atoms with Crippen LogP contribution in [0.15, 0.2) is 30.6 Å². The van der Waals surface area contributed by atoms with E-state index in [2.05, 4.69) is 29.6 Å². The van der Waals surface area contributed by atoms with Crippen LogP contribution in [0.3, 0.4) is 0 Å². The van der Waals surface area contributed by atoms with Gasteiger partial charge in [-0.25, -0.2) is 4.98 Å². The highest BCUT2D eigenvalue weighted by atomic mass is 32.1. The van der Waals surface area contributed by atoms with Crippen molar-refractivity contribution < 1.29 is 0 Å². The van der Waals surface area contributed by atoms with Gasteiger partial charge in [-0.1, -0.05) is 6.07 Å². The Bertz CT molecular complexity index is 887. The lowest BCUT2D eigenvalue weighted by molar-refractivity contribution is 0.196. The molecule has 2 aliphatic heterocycles. The fraction of sp³-hybridized carbons (Fsp3) is 0.474. The van der Waals surface area contributed by atoms with Crippen molar-refractivity contribution in [3.05, 3.63) is 47.1 Å². The van der Waals surface area contributed by atoms with E-state index in [0.717, 1.165) is 43.3 Å². The van der Waals surface area contributed by atoms with Crippen LogP contribution in [0.5, 0.6) is 0 Å². The van der Waals surface area contributed by atoms with Gasteiger partial charge in [-0.05, 0) is 37.9 Å². The Morgan fingerprint density at radius 2 is 2.12 bits per heavy atom. The van der Waals surface area contributed by atoms with Gasteiger partial charge >= 0.3 is 0 Å². The number of rotatable bonds is 4. The summed E-state index contributed by atoms with van der Waals surface area (Å²) in [5, 5.41) is 9.92. The van der Waals surface area contributed by atoms with Crippen LogP contribution in [-0.2, 0) is 19.5 Å². The molecule has 5 heterocycles. The quantitative estimate of drug-likeness (QED) is 0.710. The van der Waals surface area contributed by atoms with E-state index in [4.69, 9.17) is 0 Å². The average Bonchev–Trinajstić information content (AvgIpc) is 3.40. The van der Waals surface area contributed by atoms with Crippen molar-refractivity contribution in [2.75, 3.05) is 13.1 Å². The molecule has 0 N–H and O–H groups in total. The standard InChI is InChI=1S/C19H22N6S/c1-2-8-20-16(6-1)19-21-11-15(26-19)13-24-9-3-5-14(12-24)18-23-22-17-7-4-10-25(17)18/h1-2,6,8,11,14H,3-5,7,9-10,12-13H2. The van der Waals surface area contributed by atoms with Crippen molar-refractivity contribution in [1.29, 1.82) is 0 Å². The number of likely N-dealkylation sites (tertiary alicyclic amines) is 1. The van der Waals surface area contributed by atoms with Crippen LogP contribution in [0.4, 0.5) is 0 Å². The van der Waals surface area contributed by atoms with Crippen LogP contribution in [0.1, 0.15) is 41.7 Å². The lowest BCUT2D eigenvalue weighted by Gasteiger charge is -2.31. The molecule has 134 valence electrons.